The molecule has 4 heteroatoms. The SMILES string of the molecule is COc1cc2oc(C(C)=O)cc2cc1[C@@H](C)O. The topological polar surface area (TPSA) is 59.7 Å². The van der Waals surface area contributed by atoms with E-state index < -0.39 is 6.10 Å². The fourth-order valence-electron chi connectivity index (χ4n) is 1.76. The van der Waals surface area contributed by atoms with Crippen LogP contribution in [0.3, 0.4) is 0 Å². The van der Waals surface area contributed by atoms with Gasteiger partial charge >= 0.3 is 0 Å². The standard InChI is InChI=1S/C13H14O4/c1-7(14)10-4-9-5-11(8(2)15)17-12(9)6-13(10)16-3/h4-7,14H,1-3H3/t7-/m1/s1. The molecule has 0 spiro atoms. The van der Waals surface area contributed by atoms with Crippen LogP contribution in [0.15, 0.2) is 22.6 Å². The number of aliphatic hydroxyl groups excluding tert-OH is 1. The van der Waals surface area contributed by atoms with Crippen LogP contribution in [0.1, 0.15) is 36.1 Å². The van der Waals surface area contributed by atoms with E-state index in [1.807, 2.05) is 0 Å². The molecule has 0 amide bonds. The predicted molar refractivity (Wildman–Crippen MR) is 63.4 cm³/mol. The maximum absolute atomic E-state index is 11.2. The Labute approximate surface area is 98.8 Å². The van der Waals surface area contributed by atoms with Crippen LogP contribution in [0.25, 0.3) is 11.0 Å². The summed E-state index contributed by atoms with van der Waals surface area (Å²) in [6.45, 7) is 3.11. The van der Waals surface area contributed by atoms with Crippen LogP contribution in [0.4, 0.5) is 0 Å². The number of fused-ring (bicyclic) bond motifs is 1. The number of hydrogen-bond acceptors (Lipinski definition) is 4. The monoisotopic (exact) mass is 234 g/mol. The van der Waals surface area contributed by atoms with Gasteiger partial charge in [0, 0.05) is 23.9 Å². The number of carbonyl (C=O) groups excluding carboxylic acids is 1. The Morgan fingerprint density at radius 3 is 2.65 bits per heavy atom. The molecule has 1 aromatic heterocycles. The molecule has 0 aliphatic rings. The zero-order valence-electron chi connectivity index (χ0n) is 9.98. The molecule has 1 aromatic carbocycles. The molecule has 0 aliphatic carbocycles. The van der Waals surface area contributed by atoms with E-state index in [1.54, 1.807) is 25.1 Å². The number of benzene rings is 1. The molecule has 2 aromatic rings. The lowest BCUT2D eigenvalue weighted by Gasteiger charge is -2.10. The number of furan rings is 1. The number of hydrogen-bond donors (Lipinski definition) is 1. The molecule has 90 valence electrons. The van der Waals surface area contributed by atoms with Crippen LogP contribution in [0.2, 0.25) is 0 Å². The Balaban J connectivity index is 2.65. The van der Waals surface area contributed by atoms with Crippen molar-refractivity contribution in [2.45, 2.75) is 20.0 Å². The number of methoxy groups -OCH3 is 1. The zero-order valence-corrected chi connectivity index (χ0v) is 9.98. The molecule has 17 heavy (non-hydrogen) atoms. The third-order valence-electron chi connectivity index (χ3n) is 2.67. The highest BCUT2D eigenvalue weighted by Gasteiger charge is 2.14. The summed E-state index contributed by atoms with van der Waals surface area (Å²) in [7, 11) is 1.53. The van der Waals surface area contributed by atoms with Gasteiger partial charge in [-0.2, -0.15) is 0 Å². The Morgan fingerprint density at radius 1 is 1.41 bits per heavy atom. The van der Waals surface area contributed by atoms with Gasteiger partial charge in [0.05, 0.1) is 13.2 Å². The molecule has 0 fully saturated rings. The third kappa shape index (κ3) is 2.03. The molecule has 0 saturated carbocycles. The molecule has 4 nitrogen and oxygen atoms in total. The van der Waals surface area contributed by atoms with E-state index in [2.05, 4.69) is 0 Å². The molecular weight excluding hydrogens is 220 g/mol. The van der Waals surface area contributed by atoms with E-state index in [1.165, 1.54) is 14.0 Å². The van der Waals surface area contributed by atoms with E-state index in [0.717, 1.165) is 5.39 Å². The molecule has 2 rings (SSSR count). The minimum atomic E-state index is -0.634. The van der Waals surface area contributed by atoms with Gasteiger partial charge in [-0.05, 0) is 19.1 Å². The summed E-state index contributed by atoms with van der Waals surface area (Å²) in [4.78, 5) is 11.2. The van der Waals surface area contributed by atoms with E-state index in [-0.39, 0.29) is 5.78 Å². The summed E-state index contributed by atoms with van der Waals surface area (Å²) in [5, 5.41) is 10.4. The second kappa shape index (κ2) is 4.22. The fourth-order valence-corrected chi connectivity index (χ4v) is 1.76. The lowest BCUT2D eigenvalue weighted by Crippen LogP contribution is -1.95. The van der Waals surface area contributed by atoms with Gasteiger partial charge in [-0.1, -0.05) is 0 Å². The van der Waals surface area contributed by atoms with Crippen molar-refractivity contribution in [2.24, 2.45) is 0 Å². The van der Waals surface area contributed by atoms with Crippen LogP contribution in [-0.4, -0.2) is 18.0 Å². The van der Waals surface area contributed by atoms with Gasteiger partial charge < -0.3 is 14.3 Å². The second-order valence-corrected chi connectivity index (χ2v) is 3.97. The van der Waals surface area contributed by atoms with Gasteiger partial charge in [-0.15, -0.1) is 0 Å². The highest BCUT2D eigenvalue weighted by Crippen LogP contribution is 2.32. The van der Waals surface area contributed by atoms with Crippen LogP contribution in [0, 0.1) is 0 Å². The Morgan fingerprint density at radius 2 is 2.12 bits per heavy atom. The molecule has 0 radical (unpaired) electrons. The van der Waals surface area contributed by atoms with Crippen molar-refractivity contribution < 1.29 is 19.1 Å². The molecular formula is C13H14O4. The minimum Gasteiger partial charge on any atom is -0.496 e. The Bertz CT molecular complexity index is 566. The number of ether oxygens (including phenoxy) is 1. The molecule has 0 saturated heterocycles. The molecule has 1 N–H and O–H groups in total. The van der Waals surface area contributed by atoms with Crippen molar-refractivity contribution in [2.75, 3.05) is 7.11 Å². The summed E-state index contributed by atoms with van der Waals surface area (Å²) in [6, 6.07) is 5.13. The van der Waals surface area contributed by atoms with Crippen molar-refractivity contribution in [3.8, 4) is 5.75 Å². The van der Waals surface area contributed by atoms with Crippen LogP contribution >= 0.6 is 0 Å². The highest BCUT2D eigenvalue weighted by molar-refractivity contribution is 5.96. The predicted octanol–water partition coefficient (Wildman–Crippen LogP) is 2.70. The first kappa shape index (κ1) is 11.7. The van der Waals surface area contributed by atoms with E-state index in [9.17, 15) is 9.90 Å². The maximum Gasteiger partial charge on any atom is 0.194 e. The number of rotatable bonds is 3. The molecule has 0 unspecified atom stereocenters. The van der Waals surface area contributed by atoms with Gasteiger partial charge in [0.25, 0.3) is 0 Å². The first-order chi connectivity index (χ1) is 8.02. The summed E-state index contributed by atoms with van der Waals surface area (Å²) in [5.41, 5.74) is 1.26. The normalized spacial score (nSPS) is 12.7. The number of Topliss-reactive ketones (excluding diaryl/α,β-unsaturated/α-hetero) is 1. The largest absolute Gasteiger partial charge is 0.496 e. The van der Waals surface area contributed by atoms with Crippen molar-refractivity contribution in [3.05, 3.63) is 29.5 Å². The fraction of sp³-hybridized carbons (Fsp3) is 0.308. The van der Waals surface area contributed by atoms with Gasteiger partial charge in [-0.3, -0.25) is 4.79 Å². The average molecular weight is 234 g/mol. The van der Waals surface area contributed by atoms with Crippen molar-refractivity contribution in [1.29, 1.82) is 0 Å². The molecule has 0 bridgehead atoms. The smallest absolute Gasteiger partial charge is 0.194 e. The Kier molecular flexibility index (Phi) is 2.90. The summed E-state index contributed by atoms with van der Waals surface area (Å²) in [6.07, 6.45) is -0.634. The molecule has 1 atom stereocenters. The van der Waals surface area contributed by atoms with Crippen molar-refractivity contribution in [1.82, 2.24) is 0 Å². The highest BCUT2D eigenvalue weighted by atomic mass is 16.5. The van der Waals surface area contributed by atoms with Crippen LogP contribution in [-0.2, 0) is 0 Å². The van der Waals surface area contributed by atoms with Gasteiger partial charge in [0.2, 0.25) is 0 Å². The number of carbonyl (C=O) groups is 1. The number of ketones is 1. The average Bonchev–Trinajstić information content (AvgIpc) is 2.69. The zero-order chi connectivity index (χ0) is 12.6. The van der Waals surface area contributed by atoms with Crippen molar-refractivity contribution >= 4 is 16.8 Å². The lowest BCUT2D eigenvalue weighted by atomic mass is 10.1. The summed E-state index contributed by atoms with van der Waals surface area (Å²) in [5.74, 6) is 0.737. The second-order valence-electron chi connectivity index (χ2n) is 3.97. The summed E-state index contributed by atoms with van der Waals surface area (Å²) >= 11 is 0. The quantitative estimate of drug-likeness (QED) is 0.829. The third-order valence-corrected chi connectivity index (χ3v) is 2.67. The first-order valence-corrected chi connectivity index (χ1v) is 5.33. The molecule has 0 aliphatic heterocycles. The lowest BCUT2D eigenvalue weighted by molar-refractivity contribution is 0.0989. The Hall–Kier alpha value is -1.81. The van der Waals surface area contributed by atoms with Gasteiger partial charge in [-0.25, -0.2) is 0 Å². The van der Waals surface area contributed by atoms with Gasteiger partial charge in [0.1, 0.15) is 11.3 Å². The number of aliphatic hydroxyl groups is 1. The minimum absolute atomic E-state index is 0.126. The van der Waals surface area contributed by atoms with E-state index >= 15 is 0 Å². The maximum atomic E-state index is 11.2. The van der Waals surface area contributed by atoms with E-state index in [4.69, 9.17) is 9.15 Å². The van der Waals surface area contributed by atoms with Crippen molar-refractivity contribution in [3.63, 3.8) is 0 Å². The van der Waals surface area contributed by atoms with E-state index in [0.29, 0.717) is 22.7 Å². The van der Waals surface area contributed by atoms with Crippen LogP contribution < -0.4 is 4.74 Å². The summed E-state index contributed by atoms with van der Waals surface area (Å²) < 4.78 is 10.6. The van der Waals surface area contributed by atoms with Crippen LogP contribution in [0.5, 0.6) is 5.75 Å². The first-order valence-electron chi connectivity index (χ1n) is 5.33. The molecule has 1 heterocycles. The van der Waals surface area contributed by atoms with Gasteiger partial charge in [0.15, 0.2) is 11.5 Å².